The number of pyridine rings is 1. The molecule has 1 N–H and O–H groups in total. The summed E-state index contributed by atoms with van der Waals surface area (Å²) in [7, 11) is -0.785. The van der Waals surface area contributed by atoms with Crippen molar-refractivity contribution in [2.45, 2.75) is 30.9 Å². The largest absolute Gasteiger partial charge is 0.493 e. The molecule has 1 aliphatic rings. The second-order valence-corrected chi connectivity index (χ2v) is 8.33. The van der Waals surface area contributed by atoms with Crippen molar-refractivity contribution in [1.82, 2.24) is 9.71 Å². The molecule has 8 heteroatoms. The van der Waals surface area contributed by atoms with E-state index in [0.29, 0.717) is 28.6 Å². The summed E-state index contributed by atoms with van der Waals surface area (Å²) in [6.07, 6.45) is 3.80. The molecule has 0 fully saturated rings. The normalized spacial score (nSPS) is 15.0. The lowest BCUT2D eigenvalue weighted by Crippen LogP contribution is -2.28. The Morgan fingerprint density at radius 3 is 2.56 bits per heavy atom. The summed E-state index contributed by atoms with van der Waals surface area (Å²) in [6, 6.07) is 7.97. The van der Waals surface area contributed by atoms with Crippen LogP contribution in [-0.2, 0) is 16.6 Å². The van der Waals surface area contributed by atoms with Crippen molar-refractivity contribution >= 4 is 16.1 Å². The summed E-state index contributed by atoms with van der Waals surface area (Å²) >= 11 is 0. The van der Waals surface area contributed by atoms with Crippen LogP contribution in [0.25, 0.3) is 6.08 Å². The first-order chi connectivity index (χ1) is 12.7. The van der Waals surface area contributed by atoms with Crippen molar-refractivity contribution in [3.8, 4) is 17.2 Å². The molecule has 0 saturated carbocycles. The third-order valence-electron chi connectivity index (χ3n) is 4.07. The molecule has 0 unspecified atom stereocenters. The van der Waals surface area contributed by atoms with Gasteiger partial charge in [-0.3, -0.25) is 0 Å². The van der Waals surface area contributed by atoms with E-state index in [4.69, 9.17) is 14.2 Å². The fourth-order valence-electron chi connectivity index (χ4n) is 2.64. The number of methoxy groups -OCH3 is 2. The van der Waals surface area contributed by atoms with Crippen molar-refractivity contribution < 1.29 is 22.6 Å². The average molecular weight is 390 g/mol. The number of benzene rings is 1. The van der Waals surface area contributed by atoms with Crippen LogP contribution in [0, 0.1) is 0 Å². The molecule has 2 aromatic rings. The standard InChI is InChI=1S/C19H22N2O5S/c1-19(2)10-9-15-16(26-19)7-5-13(21-15)12-20-27(22,23)14-6-8-17(24-3)18(11-14)25-4/h5-11,20H,12H2,1-4H3. The molecule has 0 amide bonds. The third kappa shape index (κ3) is 4.23. The molecule has 7 nitrogen and oxygen atoms in total. The lowest BCUT2D eigenvalue weighted by atomic mass is 10.1. The van der Waals surface area contributed by atoms with Gasteiger partial charge in [-0.05, 0) is 50.3 Å². The van der Waals surface area contributed by atoms with Gasteiger partial charge in [0.05, 0.1) is 31.4 Å². The SMILES string of the molecule is COc1ccc(S(=O)(=O)NCc2ccc3c(n2)C=CC(C)(C)O3)cc1OC. The van der Waals surface area contributed by atoms with Gasteiger partial charge in [0.15, 0.2) is 11.5 Å². The second kappa shape index (κ2) is 7.21. The first-order valence-corrected chi connectivity index (χ1v) is 9.82. The number of hydrogen-bond donors (Lipinski definition) is 1. The van der Waals surface area contributed by atoms with Gasteiger partial charge in [0, 0.05) is 6.07 Å². The molecule has 0 atom stereocenters. The van der Waals surface area contributed by atoms with Gasteiger partial charge in [0.25, 0.3) is 0 Å². The molecule has 0 radical (unpaired) electrons. The molecule has 0 saturated heterocycles. The zero-order chi connectivity index (χ0) is 19.7. The smallest absolute Gasteiger partial charge is 0.241 e. The molecule has 2 heterocycles. The molecule has 1 aliphatic heterocycles. The number of fused-ring (bicyclic) bond motifs is 1. The average Bonchev–Trinajstić information content (AvgIpc) is 2.65. The predicted molar refractivity (Wildman–Crippen MR) is 102 cm³/mol. The van der Waals surface area contributed by atoms with E-state index in [1.807, 2.05) is 26.0 Å². The molecule has 1 aromatic heterocycles. The summed E-state index contributed by atoms with van der Waals surface area (Å²) in [6.45, 7) is 3.97. The minimum atomic E-state index is -3.73. The van der Waals surface area contributed by atoms with Crippen molar-refractivity contribution in [2.75, 3.05) is 14.2 Å². The molecule has 0 spiro atoms. The summed E-state index contributed by atoms with van der Waals surface area (Å²) < 4.78 is 43.8. The van der Waals surface area contributed by atoms with Crippen LogP contribution in [0.5, 0.6) is 17.2 Å². The van der Waals surface area contributed by atoms with E-state index in [9.17, 15) is 8.42 Å². The van der Waals surface area contributed by atoms with Crippen molar-refractivity contribution in [2.24, 2.45) is 0 Å². The molecule has 3 rings (SSSR count). The van der Waals surface area contributed by atoms with Crippen molar-refractivity contribution in [3.05, 3.63) is 47.8 Å². The topological polar surface area (TPSA) is 86.8 Å². The van der Waals surface area contributed by atoms with E-state index in [1.54, 1.807) is 18.2 Å². The summed E-state index contributed by atoms with van der Waals surface area (Å²) in [5, 5.41) is 0. The summed E-state index contributed by atoms with van der Waals surface area (Å²) in [5.41, 5.74) is 0.883. The number of sulfonamides is 1. The number of ether oxygens (including phenoxy) is 3. The van der Waals surface area contributed by atoms with Crippen LogP contribution in [-0.4, -0.2) is 33.2 Å². The maximum Gasteiger partial charge on any atom is 0.241 e. The van der Waals surface area contributed by atoms with Crippen LogP contribution in [0.4, 0.5) is 0 Å². The van der Waals surface area contributed by atoms with E-state index in [0.717, 1.165) is 0 Å². The Morgan fingerprint density at radius 1 is 1.11 bits per heavy atom. The van der Waals surface area contributed by atoms with Gasteiger partial charge < -0.3 is 14.2 Å². The van der Waals surface area contributed by atoms with E-state index < -0.39 is 10.0 Å². The highest BCUT2D eigenvalue weighted by Crippen LogP contribution is 2.30. The fraction of sp³-hybridized carbons (Fsp3) is 0.316. The maximum atomic E-state index is 12.6. The summed E-state index contributed by atoms with van der Waals surface area (Å²) in [4.78, 5) is 4.54. The van der Waals surface area contributed by atoms with Crippen molar-refractivity contribution in [3.63, 3.8) is 0 Å². The Labute approximate surface area is 159 Å². The molecule has 0 bridgehead atoms. The minimum absolute atomic E-state index is 0.0567. The highest BCUT2D eigenvalue weighted by atomic mass is 32.2. The van der Waals surface area contributed by atoms with Crippen LogP contribution in [0.3, 0.4) is 0 Å². The number of hydrogen-bond acceptors (Lipinski definition) is 6. The van der Waals surface area contributed by atoms with Gasteiger partial charge >= 0.3 is 0 Å². The number of nitrogens with one attached hydrogen (secondary N) is 1. The highest BCUT2D eigenvalue weighted by Gasteiger charge is 2.23. The van der Waals surface area contributed by atoms with Crippen LogP contribution < -0.4 is 18.9 Å². The van der Waals surface area contributed by atoms with E-state index in [1.165, 1.54) is 26.4 Å². The first kappa shape index (κ1) is 19.2. The molecule has 144 valence electrons. The molecule has 27 heavy (non-hydrogen) atoms. The first-order valence-electron chi connectivity index (χ1n) is 8.34. The second-order valence-electron chi connectivity index (χ2n) is 6.57. The van der Waals surface area contributed by atoms with Crippen LogP contribution in [0.2, 0.25) is 0 Å². The Hall–Kier alpha value is -2.58. The van der Waals surface area contributed by atoms with Crippen LogP contribution in [0.15, 0.2) is 41.3 Å². The van der Waals surface area contributed by atoms with E-state index in [-0.39, 0.29) is 17.0 Å². The number of nitrogens with zero attached hydrogens (tertiary/aromatic N) is 1. The fourth-order valence-corrected chi connectivity index (χ4v) is 3.66. The lowest BCUT2D eigenvalue weighted by molar-refractivity contribution is 0.158. The molecule has 0 aliphatic carbocycles. The van der Waals surface area contributed by atoms with Crippen LogP contribution >= 0.6 is 0 Å². The molecular formula is C19H22N2O5S. The Kier molecular flexibility index (Phi) is 5.12. The van der Waals surface area contributed by atoms with E-state index in [2.05, 4.69) is 9.71 Å². The van der Waals surface area contributed by atoms with Gasteiger partial charge in [0.2, 0.25) is 10.0 Å². The Morgan fingerprint density at radius 2 is 1.85 bits per heavy atom. The van der Waals surface area contributed by atoms with Gasteiger partial charge in [-0.2, -0.15) is 0 Å². The molecule has 1 aromatic carbocycles. The molecular weight excluding hydrogens is 368 g/mol. The quantitative estimate of drug-likeness (QED) is 0.816. The van der Waals surface area contributed by atoms with Gasteiger partial charge in [0.1, 0.15) is 17.0 Å². The zero-order valence-corrected chi connectivity index (χ0v) is 16.5. The number of rotatable bonds is 6. The van der Waals surface area contributed by atoms with E-state index >= 15 is 0 Å². The lowest BCUT2D eigenvalue weighted by Gasteiger charge is -2.27. The summed E-state index contributed by atoms with van der Waals surface area (Å²) in [5.74, 6) is 1.48. The Bertz CT molecular complexity index is 984. The predicted octanol–water partition coefficient (Wildman–Crippen LogP) is 2.76. The number of aromatic nitrogens is 1. The zero-order valence-electron chi connectivity index (χ0n) is 15.6. The third-order valence-corrected chi connectivity index (χ3v) is 5.47. The van der Waals surface area contributed by atoms with Gasteiger partial charge in [-0.1, -0.05) is 0 Å². The highest BCUT2D eigenvalue weighted by molar-refractivity contribution is 7.89. The minimum Gasteiger partial charge on any atom is -0.493 e. The Balaban J connectivity index is 1.76. The monoisotopic (exact) mass is 390 g/mol. The van der Waals surface area contributed by atoms with Gasteiger partial charge in [-0.25, -0.2) is 18.1 Å². The maximum absolute atomic E-state index is 12.6. The van der Waals surface area contributed by atoms with Crippen LogP contribution in [0.1, 0.15) is 25.2 Å². The van der Waals surface area contributed by atoms with Crippen molar-refractivity contribution in [1.29, 1.82) is 0 Å². The van der Waals surface area contributed by atoms with Gasteiger partial charge in [-0.15, -0.1) is 0 Å².